The van der Waals surface area contributed by atoms with Gasteiger partial charge in [0.25, 0.3) is 0 Å². The molecule has 8 nitrogen and oxygen atoms in total. The molecular weight excluding hydrogens is 268 g/mol. The van der Waals surface area contributed by atoms with Crippen LogP contribution in [0.4, 0.5) is 5.82 Å². The first-order valence-corrected chi connectivity index (χ1v) is 7.74. The highest BCUT2D eigenvalue weighted by Gasteiger charge is 2.25. The van der Waals surface area contributed by atoms with E-state index in [0.717, 1.165) is 0 Å². The maximum absolute atomic E-state index is 11.6. The number of nitrogens with zero attached hydrogens (tertiary/aromatic N) is 3. The number of hydrogen-bond acceptors (Lipinski definition) is 7. The molecule has 102 valence electrons. The minimum absolute atomic E-state index is 0.130. The number of nitrogen functional groups attached to an aromatic ring is 1. The highest BCUT2D eigenvalue weighted by molar-refractivity contribution is 7.91. The predicted molar refractivity (Wildman–Crippen MR) is 70.2 cm³/mol. The lowest BCUT2D eigenvalue weighted by molar-refractivity contribution is 0.510. The van der Waals surface area contributed by atoms with Gasteiger partial charge < -0.3 is 16.0 Å². The van der Waals surface area contributed by atoms with Gasteiger partial charge in [-0.1, -0.05) is 0 Å². The second-order valence-corrected chi connectivity index (χ2v) is 6.84. The van der Waals surface area contributed by atoms with E-state index in [2.05, 4.69) is 25.3 Å². The van der Waals surface area contributed by atoms with Gasteiger partial charge in [-0.25, -0.2) is 23.4 Å². The molecule has 4 N–H and O–H groups in total. The van der Waals surface area contributed by atoms with Crippen molar-refractivity contribution in [2.75, 3.05) is 23.8 Å². The van der Waals surface area contributed by atoms with Crippen LogP contribution in [0, 0.1) is 0 Å². The van der Waals surface area contributed by atoms with Crippen LogP contribution in [-0.2, 0) is 16.3 Å². The number of fused-ring (bicyclic) bond motifs is 1. The summed E-state index contributed by atoms with van der Waals surface area (Å²) in [7, 11) is -2.95. The molecule has 3 rings (SSSR count). The van der Waals surface area contributed by atoms with Crippen LogP contribution in [0.1, 0.15) is 5.82 Å². The lowest BCUT2D eigenvalue weighted by Crippen LogP contribution is -2.46. The summed E-state index contributed by atoms with van der Waals surface area (Å²) < 4.78 is 23.1. The molecule has 19 heavy (non-hydrogen) atoms. The third kappa shape index (κ3) is 2.51. The smallest absolute Gasteiger partial charge is 0.183 e. The quantitative estimate of drug-likeness (QED) is 0.635. The van der Waals surface area contributed by atoms with E-state index in [1.165, 1.54) is 6.33 Å². The Labute approximate surface area is 109 Å². The number of H-pyrrole nitrogens is 1. The Morgan fingerprint density at radius 2 is 2.26 bits per heavy atom. The number of aromatic nitrogens is 4. The SMILES string of the molecule is Nc1ncnc2nc(CC3CS(=O)(=O)CCN3)[nH]c12. The average Bonchev–Trinajstić information content (AvgIpc) is 2.71. The molecule has 0 amide bonds. The van der Waals surface area contributed by atoms with Gasteiger partial charge in [-0.2, -0.15) is 0 Å². The Kier molecular flexibility index (Phi) is 2.86. The number of rotatable bonds is 2. The lowest BCUT2D eigenvalue weighted by Gasteiger charge is -2.22. The highest BCUT2D eigenvalue weighted by atomic mass is 32.2. The Bertz CT molecular complexity index is 710. The van der Waals surface area contributed by atoms with Crippen LogP contribution in [0.2, 0.25) is 0 Å². The van der Waals surface area contributed by atoms with Gasteiger partial charge in [-0.05, 0) is 0 Å². The van der Waals surface area contributed by atoms with Crippen molar-refractivity contribution in [3.63, 3.8) is 0 Å². The molecule has 0 aromatic carbocycles. The van der Waals surface area contributed by atoms with Crippen molar-refractivity contribution in [1.29, 1.82) is 0 Å². The van der Waals surface area contributed by atoms with E-state index in [1.807, 2.05) is 0 Å². The Morgan fingerprint density at radius 3 is 3.00 bits per heavy atom. The van der Waals surface area contributed by atoms with Crippen molar-refractivity contribution < 1.29 is 8.42 Å². The summed E-state index contributed by atoms with van der Waals surface area (Å²) in [6, 6.07) is -0.131. The van der Waals surface area contributed by atoms with Gasteiger partial charge in [-0.3, -0.25) is 0 Å². The van der Waals surface area contributed by atoms with Crippen molar-refractivity contribution in [2.24, 2.45) is 0 Å². The van der Waals surface area contributed by atoms with E-state index in [1.54, 1.807) is 0 Å². The largest absolute Gasteiger partial charge is 0.382 e. The molecule has 9 heteroatoms. The van der Waals surface area contributed by atoms with E-state index < -0.39 is 9.84 Å². The number of anilines is 1. The number of nitrogens with two attached hydrogens (primary N) is 1. The van der Waals surface area contributed by atoms with Crippen LogP contribution in [0.15, 0.2) is 6.33 Å². The van der Waals surface area contributed by atoms with Crippen LogP contribution in [-0.4, -0.2) is 52.4 Å². The summed E-state index contributed by atoms with van der Waals surface area (Å²) in [6.45, 7) is 0.481. The first kappa shape index (κ1) is 12.3. The maximum Gasteiger partial charge on any atom is 0.183 e. The molecule has 0 radical (unpaired) electrons. The highest BCUT2D eigenvalue weighted by Crippen LogP contribution is 2.15. The zero-order valence-corrected chi connectivity index (χ0v) is 10.9. The van der Waals surface area contributed by atoms with E-state index >= 15 is 0 Å². The van der Waals surface area contributed by atoms with Gasteiger partial charge in [0.2, 0.25) is 0 Å². The van der Waals surface area contributed by atoms with E-state index in [4.69, 9.17) is 5.73 Å². The number of aromatic amines is 1. The Morgan fingerprint density at radius 1 is 1.42 bits per heavy atom. The summed E-state index contributed by atoms with van der Waals surface area (Å²) in [5, 5.41) is 3.18. The maximum atomic E-state index is 11.6. The van der Waals surface area contributed by atoms with Gasteiger partial charge in [0.05, 0.1) is 11.5 Å². The van der Waals surface area contributed by atoms with Crippen molar-refractivity contribution >= 4 is 26.8 Å². The van der Waals surface area contributed by atoms with Crippen molar-refractivity contribution in [3.8, 4) is 0 Å². The first-order chi connectivity index (χ1) is 9.03. The monoisotopic (exact) mass is 282 g/mol. The normalized spacial score (nSPS) is 22.6. The topological polar surface area (TPSA) is 127 Å². The molecule has 0 aliphatic carbocycles. The number of sulfone groups is 1. The van der Waals surface area contributed by atoms with Crippen molar-refractivity contribution in [1.82, 2.24) is 25.3 Å². The van der Waals surface area contributed by atoms with Gasteiger partial charge >= 0.3 is 0 Å². The van der Waals surface area contributed by atoms with Crippen LogP contribution in [0.5, 0.6) is 0 Å². The molecule has 2 aromatic heterocycles. The van der Waals surface area contributed by atoms with Crippen LogP contribution in [0.3, 0.4) is 0 Å². The molecule has 2 aromatic rings. The second-order valence-electron chi connectivity index (χ2n) is 4.61. The molecule has 3 heterocycles. The number of hydrogen-bond donors (Lipinski definition) is 3. The number of nitrogens with one attached hydrogen (secondary N) is 2. The van der Waals surface area contributed by atoms with Crippen LogP contribution < -0.4 is 11.1 Å². The van der Waals surface area contributed by atoms with Gasteiger partial charge in [0.15, 0.2) is 21.3 Å². The Balaban J connectivity index is 1.84. The summed E-state index contributed by atoms with van der Waals surface area (Å²) in [5.41, 5.74) is 6.81. The molecule has 0 bridgehead atoms. The lowest BCUT2D eigenvalue weighted by atomic mass is 10.2. The molecule has 0 saturated carbocycles. The number of imidazole rings is 1. The Hall–Kier alpha value is -1.74. The fraction of sp³-hybridized carbons (Fsp3) is 0.500. The third-order valence-electron chi connectivity index (χ3n) is 3.11. The fourth-order valence-electron chi connectivity index (χ4n) is 2.22. The van der Waals surface area contributed by atoms with E-state index in [0.29, 0.717) is 35.8 Å². The molecule has 1 aliphatic rings. The van der Waals surface area contributed by atoms with E-state index in [-0.39, 0.29) is 17.5 Å². The first-order valence-electron chi connectivity index (χ1n) is 5.92. The molecule has 1 unspecified atom stereocenters. The van der Waals surface area contributed by atoms with Crippen molar-refractivity contribution in [2.45, 2.75) is 12.5 Å². The third-order valence-corrected chi connectivity index (χ3v) is 4.84. The standard InChI is InChI=1S/C10H14N6O2S/c11-9-8-10(14-5-13-9)16-7(15-8)3-6-4-19(17,18)2-1-12-6/h5-6,12H,1-4H2,(H3,11,13,14,15,16). The second kappa shape index (κ2) is 4.42. The molecule has 1 atom stereocenters. The molecule has 1 saturated heterocycles. The zero-order chi connectivity index (χ0) is 13.5. The predicted octanol–water partition coefficient (Wildman–Crippen LogP) is -1.14. The summed E-state index contributed by atoms with van der Waals surface area (Å²) >= 11 is 0. The minimum Gasteiger partial charge on any atom is -0.382 e. The molecule has 0 spiro atoms. The average molecular weight is 282 g/mol. The minimum atomic E-state index is -2.95. The van der Waals surface area contributed by atoms with Crippen LogP contribution >= 0.6 is 0 Å². The van der Waals surface area contributed by atoms with Gasteiger partial charge in [0.1, 0.15) is 17.7 Å². The molecule has 1 aliphatic heterocycles. The van der Waals surface area contributed by atoms with Crippen LogP contribution in [0.25, 0.3) is 11.2 Å². The molecule has 1 fully saturated rings. The zero-order valence-electron chi connectivity index (χ0n) is 10.1. The summed E-state index contributed by atoms with van der Waals surface area (Å²) in [6.07, 6.45) is 1.85. The van der Waals surface area contributed by atoms with Gasteiger partial charge in [0, 0.05) is 19.0 Å². The fourth-order valence-corrected chi connectivity index (χ4v) is 3.67. The summed E-state index contributed by atoms with van der Waals surface area (Å²) in [5.74, 6) is 1.33. The van der Waals surface area contributed by atoms with Gasteiger partial charge in [-0.15, -0.1) is 0 Å². The molecular formula is C10H14N6O2S. The van der Waals surface area contributed by atoms with Crippen molar-refractivity contribution in [3.05, 3.63) is 12.2 Å². The van der Waals surface area contributed by atoms with E-state index in [9.17, 15) is 8.42 Å². The summed E-state index contributed by atoms with van der Waals surface area (Å²) in [4.78, 5) is 15.2.